The number of carboxylic acid groups (broad SMARTS) is 1. The molecule has 0 radical (unpaired) electrons. The largest absolute Gasteiger partial charge is 0.481 e. The highest BCUT2D eigenvalue weighted by Crippen LogP contribution is 2.68. The molecule has 28 heavy (non-hydrogen) atoms. The minimum Gasteiger partial charge on any atom is -0.481 e. The van der Waals surface area contributed by atoms with Gasteiger partial charge in [-0.25, -0.2) is 0 Å². The van der Waals surface area contributed by atoms with Gasteiger partial charge in [-0.2, -0.15) is 0 Å². The zero-order valence-electron chi connectivity index (χ0n) is 17.9. The van der Waals surface area contributed by atoms with Crippen molar-refractivity contribution in [2.75, 3.05) is 0 Å². The van der Waals surface area contributed by atoms with Crippen LogP contribution in [0.2, 0.25) is 0 Å². The van der Waals surface area contributed by atoms with Gasteiger partial charge in [0.1, 0.15) is 0 Å². The average Bonchev–Trinajstić information content (AvgIpc) is 3.00. The van der Waals surface area contributed by atoms with Crippen LogP contribution in [-0.2, 0) is 4.79 Å². The molecule has 0 heterocycles. The molecule has 0 spiro atoms. The van der Waals surface area contributed by atoms with Crippen LogP contribution in [0.4, 0.5) is 0 Å². The van der Waals surface area contributed by atoms with E-state index in [0.29, 0.717) is 35.5 Å². The highest BCUT2D eigenvalue weighted by atomic mass is 16.4. The van der Waals surface area contributed by atoms with Gasteiger partial charge in [0.25, 0.3) is 0 Å². The first-order valence-corrected chi connectivity index (χ1v) is 11.8. The van der Waals surface area contributed by atoms with Crippen molar-refractivity contribution >= 4 is 5.97 Å². The Labute approximate surface area is 170 Å². The third-order valence-electron chi connectivity index (χ3n) is 10.3. The number of aliphatic carboxylic acids is 1. The van der Waals surface area contributed by atoms with Crippen LogP contribution in [0, 0.1) is 46.3 Å². The summed E-state index contributed by atoms with van der Waals surface area (Å²) < 4.78 is 0. The van der Waals surface area contributed by atoms with Crippen LogP contribution in [0.1, 0.15) is 85.0 Å². The van der Waals surface area contributed by atoms with Crippen LogP contribution in [0.15, 0.2) is 0 Å². The minimum atomic E-state index is -0.707. The highest BCUT2D eigenvalue weighted by Gasteiger charge is 2.63. The Balaban J connectivity index is 1.56. The quantitative estimate of drug-likeness (QED) is 0.659. The molecular formula is C24H40O4. The van der Waals surface area contributed by atoms with Gasteiger partial charge >= 0.3 is 5.97 Å². The number of aliphatic hydroxyl groups is 2. The molecule has 0 aromatic carbocycles. The summed E-state index contributed by atoms with van der Waals surface area (Å²) >= 11 is 0. The van der Waals surface area contributed by atoms with Crippen LogP contribution in [0.25, 0.3) is 0 Å². The van der Waals surface area contributed by atoms with E-state index in [-0.39, 0.29) is 29.5 Å². The number of hydrogen-bond donors (Lipinski definition) is 3. The molecule has 4 rings (SSSR count). The van der Waals surface area contributed by atoms with Crippen molar-refractivity contribution < 1.29 is 20.1 Å². The SMILES string of the molecule is C[C@H](CCC(=O)O)[C@H]1CC[C@@H]2[C@@H]3CC[C@@H]4C[C@H](O)CC[C@]4(C)[C@@H]3C[C@H](O)[C@@]21C. The molecular weight excluding hydrogens is 352 g/mol. The summed E-state index contributed by atoms with van der Waals surface area (Å²) in [7, 11) is 0. The third kappa shape index (κ3) is 3.05. The predicted octanol–water partition coefficient (Wildman–Crippen LogP) is 4.48. The van der Waals surface area contributed by atoms with E-state index in [2.05, 4.69) is 20.8 Å². The van der Waals surface area contributed by atoms with Crippen molar-refractivity contribution in [3.8, 4) is 0 Å². The fourth-order valence-electron chi connectivity index (χ4n) is 8.71. The maximum Gasteiger partial charge on any atom is 0.303 e. The van der Waals surface area contributed by atoms with Gasteiger partial charge in [-0.15, -0.1) is 0 Å². The van der Waals surface area contributed by atoms with Crippen LogP contribution in [-0.4, -0.2) is 33.5 Å². The summed E-state index contributed by atoms with van der Waals surface area (Å²) in [6.07, 6.45) is 9.26. The summed E-state index contributed by atoms with van der Waals surface area (Å²) in [5, 5.41) is 30.8. The molecule has 4 nitrogen and oxygen atoms in total. The summed E-state index contributed by atoms with van der Waals surface area (Å²) in [6, 6.07) is 0. The number of carbonyl (C=O) groups is 1. The van der Waals surface area contributed by atoms with Gasteiger partial charge in [-0.3, -0.25) is 4.79 Å². The van der Waals surface area contributed by atoms with Crippen molar-refractivity contribution in [3.05, 3.63) is 0 Å². The normalized spacial score (nSPS) is 51.7. The molecule has 0 amide bonds. The molecule has 0 aliphatic heterocycles. The first kappa shape index (κ1) is 20.7. The molecule has 4 heteroatoms. The van der Waals surface area contributed by atoms with Crippen LogP contribution in [0.5, 0.6) is 0 Å². The van der Waals surface area contributed by atoms with Crippen molar-refractivity contribution in [3.63, 3.8) is 0 Å². The molecule has 0 bridgehead atoms. The smallest absolute Gasteiger partial charge is 0.303 e. The lowest BCUT2D eigenvalue weighted by Gasteiger charge is -2.62. The molecule has 4 aliphatic carbocycles. The highest BCUT2D eigenvalue weighted by molar-refractivity contribution is 5.66. The Bertz CT molecular complexity index is 605. The molecule has 160 valence electrons. The van der Waals surface area contributed by atoms with E-state index < -0.39 is 5.97 Å². The van der Waals surface area contributed by atoms with E-state index in [1.807, 2.05) is 0 Å². The second-order valence-electron chi connectivity index (χ2n) is 11.3. The lowest BCUT2D eigenvalue weighted by Crippen LogP contribution is -2.58. The monoisotopic (exact) mass is 392 g/mol. The fraction of sp³-hybridized carbons (Fsp3) is 0.958. The Morgan fingerprint density at radius 1 is 1.04 bits per heavy atom. The summed E-state index contributed by atoms with van der Waals surface area (Å²) in [5.41, 5.74) is 0.216. The maximum absolute atomic E-state index is 11.5. The first-order chi connectivity index (χ1) is 13.2. The molecule has 4 aliphatic rings. The van der Waals surface area contributed by atoms with Crippen molar-refractivity contribution in [1.29, 1.82) is 0 Å². The molecule has 4 saturated carbocycles. The van der Waals surface area contributed by atoms with Gasteiger partial charge in [0.05, 0.1) is 12.2 Å². The fourth-order valence-corrected chi connectivity index (χ4v) is 8.71. The van der Waals surface area contributed by atoms with Gasteiger partial charge in [0.2, 0.25) is 0 Å². The number of hydrogen-bond acceptors (Lipinski definition) is 3. The Hall–Kier alpha value is -0.610. The molecule has 0 aromatic rings. The summed E-state index contributed by atoms with van der Waals surface area (Å²) in [5.74, 6) is 2.55. The number of rotatable bonds is 4. The molecule has 0 saturated heterocycles. The molecule has 0 aromatic heterocycles. The standard InChI is InChI=1S/C24H40O4/c1-14(4-9-22(27)28)18-7-8-19-17-6-5-15-12-16(25)10-11-23(15,2)20(17)13-21(26)24(18,19)3/h14-21,25-26H,4-13H2,1-3H3,(H,27,28)/t14-,15-,16-,17+,18-,19-,20-,21+,23+,24-/m1/s1. The number of aliphatic hydroxyl groups excluding tert-OH is 2. The minimum absolute atomic E-state index is 0.0591. The van der Waals surface area contributed by atoms with Gasteiger partial charge in [-0.1, -0.05) is 20.8 Å². The molecule has 3 N–H and O–H groups in total. The summed E-state index contributed by atoms with van der Waals surface area (Å²) in [4.78, 5) is 11.1. The number of fused-ring (bicyclic) bond motifs is 5. The second-order valence-corrected chi connectivity index (χ2v) is 11.3. The Kier molecular flexibility index (Phi) is 5.36. The van der Waals surface area contributed by atoms with Gasteiger partial charge in [0, 0.05) is 6.42 Å². The van der Waals surface area contributed by atoms with Gasteiger partial charge in [0.15, 0.2) is 0 Å². The average molecular weight is 393 g/mol. The lowest BCUT2D eigenvalue weighted by atomic mass is 9.43. The van der Waals surface area contributed by atoms with E-state index in [9.17, 15) is 15.0 Å². The second kappa shape index (κ2) is 7.27. The van der Waals surface area contributed by atoms with E-state index in [4.69, 9.17) is 5.11 Å². The topological polar surface area (TPSA) is 77.8 Å². The Morgan fingerprint density at radius 3 is 2.50 bits per heavy atom. The predicted molar refractivity (Wildman–Crippen MR) is 109 cm³/mol. The zero-order chi connectivity index (χ0) is 20.3. The Morgan fingerprint density at radius 2 is 1.79 bits per heavy atom. The van der Waals surface area contributed by atoms with Gasteiger partial charge < -0.3 is 15.3 Å². The third-order valence-corrected chi connectivity index (χ3v) is 10.3. The van der Waals surface area contributed by atoms with Crippen molar-refractivity contribution in [1.82, 2.24) is 0 Å². The van der Waals surface area contributed by atoms with Crippen molar-refractivity contribution in [2.24, 2.45) is 46.3 Å². The van der Waals surface area contributed by atoms with E-state index in [1.165, 1.54) is 19.3 Å². The molecule has 0 unspecified atom stereocenters. The van der Waals surface area contributed by atoms with E-state index >= 15 is 0 Å². The van der Waals surface area contributed by atoms with E-state index in [1.54, 1.807) is 0 Å². The zero-order valence-corrected chi connectivity index (χ0v) is 17.9. The molecule has 10 atom stereocenters. The first-order valence-electron chi connectivity index (χ1n) is 11.8. The van der Waals surface area contributed by atoms with Gasteiger partial charge in [-0.05, 0) is 104 Å². The maximum atomic E-state index is 11.5. The van der Waals surface area contributed by atoms with Crippen molar-refractivity contribution in [2.45, 2.75) is 97.2 Å². The van der Waals surface area contributed by atoms with Crippen LogP contribution < -0.4 is 0 Å². The van der Waals surface area contributed by atoms with E-state index in [0.717, 1.165) is 38.5 Å². The molecule has 4 fully saturated rings. The lowest BCUT2D eigenvalue weighted by molar-refractivity contribution is -0.175. The number of carboxylic acids is 1. The van der Waals surface area contributed by atoms with Crippen LogP contribution in [0.3, 0.4) is 0 Å². The summed E-state index contributed by atoms with van der Waals surface area (Å²) in [6.45, 7) is 6.99. The van der Waals surface area contributed by atoms with Crippen LogP contribution >= 0.6 is 0 Å².